The van der Waals surface area contributed by atoms with E-state index in [1.54, 1.807) is 12.1 Å². The van der Waals surface area contributed by atoms with Crippen molar-refractivity contribution >= 4 is 5.97 Å². The summed E-state index contributed by atoms with van der Waals surface area (Å²) in [5.74, 6) is -1.21. The molecule has 0 fully saturated rings. The minimum absolute atomic E-state index is 0.102. The van der Waals surface area contributed by atoms with Crippen LogP contribution < -0.4 is 5.73 Å². The van der Waals surface area contributed by atoms with E-state index in [1.807, 2.05) is 13.8 Å². The first kappa shape index (κ1) is 12.6. The Labute approximate surface area is 94.1 Å². The van der Waals surface area contributed by atoms with Crippen molar-refractivity contribution in [2.45, 2.75) is 32.2 Å². The molecule has 4 heteroatoms. The fourth-order valence-electron chi connectivity index (χ4n) is 1.55. The Morgan fingerprint density at radius 1 is 1.50 bits per heavy atom. The number of rotatable bonds is 4. The predicted octanol–water partition coefficient (Wildman–Crippen LogP) is 2.42. The number of aliphatic carboxylic acids is 1. The van der Waals surface area contributed by atoms with E-state index in [2.05, 4.69) is 0 Å². The molecule has 3 N–H and O–H groups in total. The summed E-state index contributed by atoms with van der Waals surface area (Å²) in [7, 11) is 0. The molecule has 0 radical (unpaired) electrons. The molecule has 16 heavy (non-hydrogen) atoms. The minimum atomic E-state index is -0.985. The molecule has 0 bridgehead atoms. The maximum atomic E-state index is 13.6. The van der Waals surface area contributed by atoms with Gasteiger partial charge in [0.25, 0.3) is 0 Å². The number of carboxylic acid groups (broad SMARTS) is 1. The standard InChI is InChI=1S/C12H16FNO2/c1-7(2)9-4-3-8(5-10(9)13)11(14)6-12(15)16/h3-5,7,11H,6,14H2,1-2H3,(H,15,16). The van der Waals surface area contributed by atoms with Crippen LogP contribution in [0.3, 0.4) is 0 Å². The number of carbonyl (C=O) groups is 1. The van der Waals surface area contributed by atoms with Crippen LogP contribution in [0.2, 0.25) is 0 Å². The van der Waals surface area contributed by atoms with Crippen LogP contribution in [-0.2, 0) is 4.79 Å². The molecule has 0 heterocycles. The first-order valence-corrected chi connectivity index (χ1v) is 5.18. The highest BCUT2D eigenvalue weighted by Crippen LogP contribution is 2.22. The average Bonchev–Trinajstić information content (AvgIpc) is 2.15. The molecule has 0 amide bonds. The van der Waals surface area contributed by atoms with Gasteiger partial charge in [0.1, 0.15) is 5.82 Å². The first-order valence-electron chi connectivity index (χ1n) is 5.18. The third-order valence-corrected chi connectivity index (χ3v) is 2.47. The van der Waals surface area contributed by atoms with E-state index in [4.69, 9.17) is 10.8 Å². The molecule has 88 valence electrons. The van der Waals surface area contributed by atoms with Crippen molar-refractivity contribution in [3.8, 4) is 0 Å². The maximum Gasteiger partial charge on any atom is 0.305 e. The highest BCUT2D eigenvalue weighted by molar-refractivity contribution is 5.67. The SMILES string of the molecule is CC(C)c1ccc(C(N)CC(=O)O)cc1F. The van der Waals surface area contributed by atoms with Gasteiger partial charge >= 0.3 is 5.97 Å². The predicted molar refractivity (Wildman–Crippen MR) is 59.7 cm³/mol. The van der Waals surface area contributed by atoms with Crippen molar-refractivity contribution in [2.24, 2.45) is 5.73 Å². The molecule has 0 saturated heterocycles. The lowest BCUT2D eigenvalue weighted by molar-refractivity contribution is -0.137. The third kappa shape index (κ3) is 3.03. The zero-order chi connectivity index (χ0) is 12.3. The Morgan fingerprint density at radius 3 is 2.56 bits per heavy atom. The molecule has 0 aliphatic carbocycles. The quantitative estimate of drug-likeness (QED) is 0.827. The summed E-state index contributed by atoms with van der Waals surface area (Å²) in [5, 5.41) is 8.58. The number of nitrogens with two attached hydrogens (primary N) is 1. The van der Waals surface area contributed by atoms with Gasteiger partial charge in [0, 0.05) is 6.04 Å². The molecule has 0 aromatic heterocycles. The Kier molecular flexibility index (Phi) is 4.01. The topological polar surface area (TPSA) is 63.3 Å². The van der Waals surface area contributed by atoms with Crippen LogP contribution in [0.5, 0.6) is 0 Å². The van der Waals surface area contributed by atoms with Gasteiger partial charge in [-0.2, -0.15) is 0 Å². The van der Waals surface area contributed by atoms with Crippen molar-refractivity contribution in [1.29, 1.82) is 0 Å². The molecule has 1 unspecified atom stereocenters. The van der Waals surface area contributed by atoms with Crippen LogP contribution in [0.15, 0.2) is 18.2 Å². The van der Waals surface area contributed by atoms with Gasteiger partial charge in [-0.15, -0.1) is 0 Å². The number of benzene rings is 1. The lowest BCUT2D eigenvalue weighted by Gasteiger charge is -2.12. The van der Waals surface area contributed by atoms with Gasteiger partial charge in [-0.25, -0.2) is 4.39 Å². The molecule has 0 spiro atoms. The van der Waals surface area contributed by atoms with E-state index in [0.717, 1.165) is 0 Å². The van der Waals surface area contributed by atoms with Gasteiger partial charge in [-0.05, 0) is 23.1 Å². The lowest BCUT2D eigenvalue weighted by atomic mass is 9.97. The highest BCUT2D eigenvalue weighted by Gasteiger charge is 2.13. The Hall–Kier alpha value is -1.42. The van der Waals surface area contributed by atoms with Gasteiger partial charge in [0.05, 0.1) is 6.42 Å². The van der Waals surface area contributed by atoms with Gasteiger partial charge in [0.2, 0.25) is 0 Å². The van der Waals surface area contributed by atoms with E-state index < -0.39 is 12.0 Å². The summed E-state index contributed by atoms with van der Waals surface area (Å²) in [4.78, 5) is 10.5. The molecule has 1 aromatic carbocycles. The van der Waals surface area contributed by atoms with Crippen molar-refractivity contribution in [3.05, 3.63) is 35.1 Å². The maximum absolute atomic E-state index is 13.6. The van der Waals surface area contributed by atoms with Crippen LogP contribution in [0.1, 0.15) is 43.4 Å². The molecule has 3 nitrogen and oxygen atoms in total. The van der Waals surface area contributed by atoms with Crippen LogP contribution >= 0.6 is 0 Å². The van der Waals surface area contributed by atoms with E-state index in [-0.39, 0.29) is 18.2 Å². The summed E-state index contributed by atoms with van der Waals surface area (Å²) >= 11 is 0. The summed E-state index contributed by atoms with van der Waals surface area (Å²) in [6.07, 6.45) is -0.194. The van der Waals surface area contributed by atoms with E-state index in [1.165, 1.54) is 6.07 Å². The van der Waals surface area contributed by atoms with Gasteiger partial charge in [-0.3, -0.25) is 4.79 Å². The number of halogens is 1. The second-order valence-electron chi connectivity index (χ2n) is 4.14. The third-order valence-electron chi connectivity index (χ3n) is 2.47. The molecular formula is C12H16FNO2. The zero-order valence-electron chi connectivity index (χ0n) is 9.40. The Balaban J connectivity index is 2.92. The summed E-state index contributed by atoms with van der Waals surface area (Å²) < 4.78 is 13.6. The van der Waals surface area contributed by atoms with Crippen molar-refractivity contribution in [2.75, 3.05) is 0 Å². The summed E-state index contributed by atoms with van der Waals surface area (Å²) in [5.41, 5.74) is 6.78. The van der Waals surface area contributed by atoms with E-state index >= 15 is 0 Å². The lowest BCUT2D eigenvalue weighted by Crippen LogP contribution is -2.15. The summed E-state index contributed by atoms with van der Waals surface area (Å²) in [6.45, 7) is 3.80. The fraction of sp³-hybridized carbons (Fsp3) is 0.417. The Bertz CT molecular complexity index is 391. The number of hydrogen-bond donors (Lipinski definition) is 2. The van der Waals surface area contributed by atoms with Gasteiger partial charge < -0.3 is 10.8 Å². The van der Waals surface area contributed by atoms with Crippen LogP contribution in [0.4, 0.5) is 4.39 Å². The molecule has 0 saturated carbocycles. The molecule has 0 aliphatic heterocycles. The average molecular weight is 225 g/mol. The van der Waals surface area contributed by atoms with Crippen molar-refractivity contribution < 1.29 is 14.3 Å². The van der Waals surface area contributed by atoms with Crippen molar-refractivity contribution in [1.82, 2.24) is 0 Å². The van der Waals surface area contributed by atoms with Gasteiger partial charge in [0.15, 0.2) is 0 Å². The van der Waals surface area contributed by atoms with Crippen LogP contribution in [-0.4, -0.2) is 11.1 Å². The van der Waals surface area contributed by atoms with E-state index in [9.17, 15) is 9.18 Å². The fourth-order valence-corrected chi connectivity index (χ4v) is 1.55. The normalized spacial score (nSPS) is 12.8. The largest absolute Gasteiger partial charge is 0.481 e. The van der Waals surface area contributed by atoms with Crippen LogP contribution in [0, 0.1) is 5.82 Å². The second kappa shape index (κ2) is 5.07. The molecule has 0 aliphatic rings. The molecule has 1 aromatic rings. The smallest absolute Gasteiger partial charge is 0.305 e. The van der Waals surface area contributed by atoms with E-state index in [0.29, 0.717) is 11.1 Å². The molecule has 1 rings (SSSR count). The minimum Gasteiger partial charge on any atom is -0.481 e. The Morgan fingerprint density at radius 2 is 2.12 bits per heavy atom. The monoisotopic (exact) mass is 225 g/mol. The highest BCUT2D eigenvalue weighted by atomic mass is 19.1. The summed E-state index contributed by atoms with van der Waals surface area (Å²) in [6, 6.07) is 4.01. The molecular weight excluding hydrogens is 209 g/mol. The zero-order valence-corrected chi connectivity index (χ0v) is 9.40. The molecule has 1 atom stereocenters. The van der Waals surface area contributed by atoms with Crippen molar-refractivity contribution in [3.63, 3.8) is 0 Å². The second-order valence-corrected chi connectivity index (χ2v) is 4.14. The first-order chi connectivity index (χ1) is 7.41. The number of carboxylic acids is 1. The van der Waals surface area contributed by atoms with Gasteiger partial charge in [-0.1, -0.05) is 26.0 Å². The number of hydrogen-bond acceptors (Lipinski definition) is 2. The van der Waals surface area contributed by atoms with Crippen LogP contribution in [0.25, 0.3) is 0 Å².